The van der Waals surface area contributed by atoms with Crippen LogP contribution in [-0.4, -0.2) is 54.0 Å². The zero-order valence-electron chi connectivity index (χ0n) is 16.8. The summed E-state index contributed by atoms with van der Waals surface area (Å²) in [6.45, 7) is 12.9. The Morgan fingerprint density at radius 3 is 2.44 bits per heavy atom. The number of piperidine rings is 1. The van der Waals surface area contributed by atoms with E-state index in [9.17, 15) is 4.79 Å². The van der Waals surface area contributed by atoms with Crippen molar-refractivity contribution in [3.63, 3.8) is 0 Å². The molecular formula is C20H33N3O2. The molecule has 1 aromatic heterocycles. The number of hydrogen-bond acceptors (Lipinski definition) is 4. The van der Waals surface area contributed by atoms with Gasteiger partial charge in [0.1, 0.15) is 5.75 Å². The van der Waals surface area contributed by atoms with Crippen LogP contribution in [0.4, 0.5) is 0 Å². The predicted molar refractivity (Wildman–Crippen MR) is 101 cm³/mol. The molecule has 0 bridgehead atoms. The minimum absolute atomic E-state index is 0.228. The second-order valence-electron chi connectivity index (χ2n) is 8.22. The Hall–Kier alpha value is -1.62. The number of nitrogens with zero attached hydrogens (tertiary/aromatic N) is 3. The number of carbonyl (C=O) groups excluding carboxylic acids is 1. The molecule has 25 heavy (non-hydrogen) atoms. The van der Waals surface area contributed by atoms with Crippen LogP contribution in [0.2, 0.25) is 0 Å². The number of carbonyl (C=O) groups is 1. The van der Waals surface area contributed by atoms with Gasteiger partial charge in [-0.25, -0.2) is 0 Å². The van der Waals surface area contributed by atoms with Crippen molar-refractivity contribution < 1.29 is 9.53 Å². The van der Waals surface area contributed by atoms with Gasteiger partial charge in [0.05, 0.1) is 12.8 Å². The lowest BCUT2D eigenvalue weighted by molar-refractivity contribution is -0.141. The summed E-state index contributed by atoms with van der Waals surface area (Å²) >= 11 is 0. The Morgan fingerprint density at radius 1 is 1.32 bits per heavy atom. The van der Waals surface area contributed by atoms with Crippen molar-refractivity contribution in [2.45, 2.75) is 60.0 Å². The second-order valence-corrected chi connectivity index (χ2v) is 8.22. The standard InChI is InChI=1S/C20H33N3O2/c1-14-12-21-17(15(2)18(14)25-7)13-23-10-8-16(9-11-23)22(6)19(24)20(3,4)5/h12,16H,8-11,13H2,1-7H3. The van der Waals surface area contributed by atoms with Gasteiger partial charge in [-0.3, -0.25) is 14.7 Å². The maximum atomic E-state index is 12.5. The first-order chi connectivity index (χ1) is 11.6. The molecular weight excluding hydrogens is 314 g/mol. The van der Waals surface area contributed by atoms with E-state index >= 15 is 0 Å². The number of pyridine rings is 1. The number of amides is 1. The first-order valence-electron chi connectivity index (χ1n) is 9.13. The van der Waals surface area contributed by atoms with Gasteiger partial charge in [0.2, 0.25) is 5.91 Å². The Bertz CT molecular complexity index is 614. The quantitative estimate of drug-likeness (QED) is 0.839. The average Bonchev–Trinajstić information content (AvgIpc) is 2.56. The van der Waals surface area contributed by atoms with E-state index in [1.165, 1.54) is 0 Å². The summed E-state index contributed by atoms with van der Waals surface area (Å²) in [7, 11) is 3.66. The summed E-state index contributed by atoms with van der Waals surface area (Å²) in [4.78, 5) is 21.5. The number of rotatable bonds is 4. The molecule has 0 aromatic carbocycles. The fourth-order valence-electron chi connectivity index (χ4n) is 3.60. The molecule has 1 aromatic rings. The summed E-state index contributed by atoms with van der Waals surface area (Å²) in [5, 5.41) is 0. The normalized spacial score (nSPS) is 16.8. The zero-order chi connectivity index (χ0) is 18.8. The van der Waals surface area contributed by atoms with Crippen LogP contribution in [0.5, 0.6) is 5.75 Å². The molecule has 1 fully saturated rings. The molecule has 0 radical (unpaired) electrons. The molecule has 0 unspecified atom stereocenters. The lowest BCUT2D eigenvalue weighted by atomic mass is 9.92. The highest BCUT2D eigenvalue weighted by Gasteiger charge is 2.31. The number of aromatic nitrogens is 1. The van der Waals surface area contributed by atoms with Crippen LogP contribution >= 0.6 is 0 Å². The van der Waals surface area contributed by atoms with Crippen molar-refractivity contribution in [2.75, 3.05) is 27.2 Å². The highest BCUT2D eigenvalue weighted by atomic mass is 16.5. The van der Waals surface area contributed by atoms with Gasteiger partial charge >= 0.3 is 0 Å². The van der Waals surface area contributed by atoms with E-state index in [1.807, 2.05) is 45.8 Å². The molecule has 1 aliphatic heterocycles. The van der Waals surface area contributed by atoms with Gasteiger partial charge < -0.3 is 9.64 Å². The first kappa shape index (κ1) is 19.7. The van der Waals surface area contributed by atoms with E-state index < -0.39 is 0 Å². The topological polar surface area (TPSA) is 45.7 Å². The zero-order valence-corrected chi connectivity index (χ0v) is 16.8. The summed E-state index contributed by atoms with van der Waals surface area (Å²) in [5.74, 6) is 1.17. The molecule has 0 aliphatic carbocycles. The maximum Gasteiger partial charge on any atom is 0.227 e. The smallest absolute Gasteiger partial charge is 0.227 e. The molecule has 1 saturated heterocycles. The van der Waals surface area contributed by atoms with Crippen LogP contribution in [-0.2, 0) is 11.3 Å². The van der Waals surface area contributed by atoms with Gasteiger partial charge in [-0.1, -0.05) is 20.8 Å². The van der Waals surface area contributed by atoms with Crippen molar-refractivity contribution in [3.8, 4) is 5.75 Å². The van der Waals surface area contributed by atoms with E-state index in [0.717, 1.165) is 55.0 Å². The minimum Gasteiger partial charge on any atom is -0.496 e. The fraction of sp³-hybridized carbons (Fsp3) is 0.700. The van der Waals surface area contributed by atoms with E-state index in [1.54, 1.807) is 7.11 Å². The summed E-state index contributed by atoms with van der Waals surface area (Å²) in [5.41, 5.74) is 2.97. The van der Waals surface area contributed by atoms with E-state index in [2.05, 4.69) is 16.8 Å². The molecule has 1 aliphatic rings. The molecule has 0 spiro atoms. The highest BCUT2D eigenvalue weighted by molar-refractivity contribution is 5.81. The molecule has 140 valence electrons. The molecule has 0 N–H and O–H groups in total. The predicted octanol–water partition coefficient (Wildman–Crippen LogP) is 3.18. The van der Waals surface area contributed by atoms with Crippen LogP contribution in [0.3, 0.4) is 0 Å². The van der Waals surface area contributed by atoms with Crippen LogP contribution < -0.4 is 4.74 Å². The molecule has 0 saturated carbocycles. The van der Waals surface area contributed by atoms with Gasteiger partial charge in [0, 0.05) is 55.5 Å². The minimum atomic E-state index is -0.314. The monoisotopic (exact) mass is 347 g/mol. The largest absolute Gasteiger partial charge is 0.496 e. The van der Waals surface area contributed by atoms with Crippen LogP contribution in [0.15, 0.2) is 6.20 Å². The van der Waals surface area contributed by atoms with E-state index in [4.69, 9.17) is 4.74 Å². The van der Waals surface area contributed by atoms with Gasteiger partial charge in [0.25, 0.3) is 0 Å². The molecule has 5 nitrogen and oxygen atoms in total. The molecule has 2 heterocycles. The van der Waals surface area contributed by atoms with Gasteiger partial charge in [-0.15, -0.1) is 0 Å². The van der Waals surface area contributed by atoms with Gasteiger partial charge in [0.15, 0.2) is 0 Å². The number of hydrogen-bond donors (Lipinski definition) is 0. The van der Waals surface area contributed by atoms with Crippen LogP contribution in [0.1, 0.15) is 50.4 Å². The van der Waals surface area contributed by atoms with E-state index in [0.29, 0.717) is 6.04 Å². The van der Waals surface area contributed by atoms with Crippen molar-refractivity contribution >= 4 is 5.91 Å². The number of aryl methyl sites for hydroxylation is 1. The SMILES string of the molecule is COc1c(C)cnc(CN2CCC(N(C)C(=O)C(C)(C)C)CC2)c1C. The van der Waals surface area contributed by atoms with E-state index in [-0.39, 0.29) is 11.3 Å². The van der Waals surface area contributed by atoms with Crippen LogP contribution in [0, 0.1) is 19.3 Å². The van der Waals surface area contributed by atoms with Crippen LogP contribution in [0.25, 0.3) is 0 Å². The Labute approximate surface area is 152 Å². The average molecular weight is 348 g/mol. The molecule has 0 atom stereocenters. The number of likely N-dealkylation sites (tertiary alicyclic amines) is 1. The number of methoxy groups -OCH3 is 1. The van der Waals surface area contributed by atoms with Gasteiger partial charge in [-0.2, -0.15) is 0 Å². The summed E-state index contributed by atoms with van der Waals surface area (Å²) in [6.07, 6.45) is 3.92. The lowest BCUT2D eigenvalue weighted by Crippen LogP contribution is -2.48. The Kier molecular flexibility index (Phi) is 6.09. The highest BCUT2D eigenvalue weighted by Crippen LogP contribution is 2.27. The van der Waals surface area contributed by atoms with Crippen molar-refractivity contribution in [2.24, 2.45) is 5.41 Å². The molecule has 5 heteroatoms. The Balaban J connectivity index is 1.96. The first-order valence-corrected chi connectivity index (χ1v) is 9.13. The second kappa shape index (κ2) is 7.73. The third kappa shape index (κ3) is 4.51. The summed E-state index contributed by atoms with van der Waals surface area (Å²) < 4.78 is 5.51. The fourth-order valence-corrected chi connectivity index (χ4v) is 3.60. The van der Waals surface area contributed by atoms with Crippen molar-refractivity contribution in [1.82, 2.24) is 14.8 Å². The van der Waals surface area contributed by atoms with Gasteiger partial charge in [-0.05, 0) is 26.7 Å². The maximum absolute atomic E-state index is 12.5. The summed E-state index contributed by atoms with van der Waals surface area (Å²) in [6, 6.07) is 0.338. The molecule has 1 amide bonds. The van der Waals surface area contributed by atoms with Crippen molar-refractivity contribution in [3.05, 3.63) is 23.0 Å². The molecule has 2 rings (SSSR count). The lowest BCUT2D eigenvalue weighted by Gasteiger charge is -2.39. The third-order valence-electron chi connectivity index (χ3n) is 5.19. The number of ether oxygens (including phenoxy) is 1. The Morgan fingerprint density at radius 2 is 1.92 bits per heavy atom. The third-order valence-corrected chi connectivity index (χ3v) is 5.19. The van der Waals surface area contributed by atoms with Crippen molar-refractivity contribution in [1.29, 1.82) is 0 Å².